The zero-order chi connectivity index (χ0) is 21.8. The molecule has 0 saturated carbocycles. The number of nitrogens with zero attached hydrogens (tertiary/aromatic N) is 1. The maximum absolute atomic E-state index is 12.7. The highest BCUT2D eigenvalue weighted by molar-refractivity contribution is 6.42. The zero-order valence-corrected chi connectivity index (χ0v) is 18.3. The third-order valence-electron chi connectivity index (χ3n) is 5.06. The molecule has 3 rings (SSSR count). The van der Waals surface area contributed by atoms with E-state index in [1.54, 1.807) is 35.5 Å². The van der Waals surface area contributed by atoms with Gasteiger partial charge in [0.15, 0.2) is 0 Å². The Hall–Kier alpha value is -2.76. The van der Waals surface area contributed by atoms with Crippen LogP contribution in [0.3, 0.4) is 0 Å². The van der Waals surface area contributed by atoms with Gasteiger partial charge in [-0.05, 0) is 24.1 Å². The lowest BCUT2D eigenvalue weighted by Crippen LogP contribution is -2.30. The van der Waals surface area contributed by atoms with E-state index in [1.165, 1.54) is 14.2 Å². The molecule has 1 aliphatic rings. The van der Waals surface area contributed by atoms with E-state index in [0.29, 0.717) is 10.6 Å². The van der Waals surface area contributed by atoms with E-state index in [1.807, 2.05) is 37.3 Å². The first-order chi connectivity index (χ1) is 14.4. The molecule has 2 aromatic carbocycles. The van der Waals surface area contributed by atoms with E-state index >= 15 is 0 Å². The van der Waals surface area contributed by atoms with Crippen LogP contribution in [0.5, 0.6) is 0 Å². The van der Waals surface area contributed by atoms with Gasteiger partial charge in [-0.25, -0.2) is 9.59 Å². The Kier molecular flexibility index (Phi) is 6.85. The molecular weight excluding hydrogens is 425 g/mol. The van der Waals surface area contributed by atoms with Gasteiger partial charge in [-0.2, -0.15) is 0 Å². The third-order valence-corrected chi connectivity index (χ3v) is 5.90. The third kappa shape index (κ3) is 4.23. The molecule has 0 radical (unpaired) electrons. The summed E-state index contributed by atoms with van der Waals surface area (Å²) in [6.45, 7) is 1.97. The number of ether oxygens (including phenoxy) is 2. The molecule has 0 amide bonds. The van der Waals surface area contributed by atoms with Crippen LogP contribution in [0.25, 0.3) is 0 Å². The number of esters is 2. The second-order valence-corrected chi connectivity index (χ2v) is 7.55. The smallest absolute Gasteiger partial charge is 0.336 e. The maximum atomic E-state index is 12.7. The van der Waals surface area contributed by atoms with Gasteiger partial charge >= 0.3 is 11.9 Å². The first-order valence-electron chi connectivity index (χ1n) is 9.25. The highest BCUT2D eigenvalue weighted by atomic mass is 35.5. The Morgan fingerprint density at radius 2 is 1.47 bits per heavy atom. The fourth-order valence-corrected chi connectivity index (χ4v) is 3.87. The SMILES string of the molecule is COC(=O)C1=CN([C@@H](C)c2ccccc2)C=C(C(=O)OC)C1c1cccc(Cl)c1Cl. The van der Waals surface area contributed by atoms with Crippen molar-refractivity contribution < 1.29 is 19.1 Å². The molecule has 0 aliphatic carbocycles. The Morgan fingerprint density at radius 3 is 2.00 bits per heavy atom. The molecular formula is C23H21Cl2NO4. The summed E-state index contributed by atoms with van der Waals surface area (Å²) in [6.07, 6.45) is 3.36. The van der Waals surface area contributed by atoms with E-state index < -0.39 is 17.9 Å². The molecule has 2 aromatic rings. The molecule has 1 aliphatic heterocycles. The molecule has 0 bridgehead atoms. The predicted molar refractivity (Wildman–Crippen MR) is 116 cm³/mol. The minimum Gasteiger partial charge on any atom is -0.466 e. The van der Waals surface area contributed by atoms with Gasteiger partial charge in [-0.1, -0.05) is 65.7 Å². The van der Waals surface area contributed by atoms with Crippen molar-refractivity contribution in [1.82, 2.24) is 4.90 Å². The van der Waals surface area contributed by atoms with Gasteiger partial charge in [0.1, 0.15) is 0 Å². The second-order valence-electron chi connectivity index (χ2n) is 6.76. The van der Waals surface area contributed by atoms with Gasteiger partial charge < -0.3 is 14.4 Å². The van der Waals surface area contributed by atoms with Crippen molar-refractivity contribution in [2.75, 3.05) is 14.2 Å². The second kappa shape index (κ2) is 9.37. The fourth-order valence-electron chi connectivity index (χ4n) is 3.46. The summed E-state index contributed by atoms with van der Waals surface area (Å²) >= 11 is 12.6. The van der Waals surface area contributed by atoms with Crippen molar-refractivity contribution in [3.8, 4) is 0 Å². The molecule has 1 heterocycles. The molecule has 7 heteroatoms. The summed E-state index contributed by atoms with van der Waals surface area (Å²) in [5.74, 6) is -1.93. The molecule has 156 valence electrons. The average molecular weight is 446 g/mol. The van der Waals surface area contributed by atoms with E-state index in [4.69, 9.17) is 32.7 Å². The molecule has 0 saturated heterocycles. The van der Waals surface area contributed by atoms with Crippen LogP contribution >= 0.6 is 23.2 Å². The summed E-state index contributed by atoms with van der Waals surface area (Å²) < 4.78 is 10.0. The Balaban J connectivity index is 2.18. The number of hydrogen-bond acceptors (Lipinski definition) is 5. The Morgan fingerprint density at radius 1 is 0.900 bits per heavy atom. The summed E-state index contributed by atoms with van der Waals surface area (Å²) in [7, 11) is 2.59. The topological polar surface area (TPSA) is 55.8 Å². The van der Waals surface area contributed by atoms with E-state index in [2.05, 4.69) is 0 Å². The van der Waals surface area contributed by atoms with Crippen molar-refractivity contribution in [3.63, 3.8) is 0 Å². The van der Waals surface area contributed by atoms with Crippen LogP contribution in [-0.2, 0) is 19.1 Å². The predicted octanol–water partition coefficient (Wildman–Crippen LogP) is 5.27. The van der Waals surface area contributed by atoms with Crippen molar-refractivity contribution in [2.24, 2.45) is 0 Å². The van der Waals surface area contributed by atoms with Gasteiger partial charge in [-0.15, -0.1) is 0 Å². The molecule has 30 heavy (non-hydrogen) atoms. The molecule has 5 nitrogen and oxygen atoms in total. The molecule has 0 N–H and O–H groups in total. The van der Waals surface area contributed by atoms with Crippen molar-refractivity contribution in [1.29, 1.82) is 0 Å². The number of halogens is 2. The van der Waals surface area contributed by atoms with Gasteiger partial charge in [0, 0.05) is 12.4 Å². The van der Waals surface area contributed by atoms with Gasteiger partial charge in [0.25, 0.3) is 0 Å². The fraction of sp³-hybridized carbons (Fsp3) is 0.217. The number of carbonyl (C=O) groups is 2. The van der Waals surface area contributed by atoms with Gasteiger partial charge in [0.2, 0.25) is 0 Å². The summed E-state index contributed by atoms with van der Waals surface area (Å²) in [5.41, 5.74) is 2.04. The Bertz CT molecular complexity index is 983. The van der Waals surface area contributed by atoms with Crippen LogP contribution in [0, 0.1) is 0 Å². The largest absolute Gasteiger partial charge is 0.466 e. The van der Waals surface area contributed by atoms with E-state index in [0.717, 1.165) is 5.56 Å². The lowest BCUT2D eigenvalue weighted by Gasteiger charge is -2.34. The van der Waals surface area contributed by atoms with Crippen molar-refractivity contribution in [2.45, 2.75) is 18.9 Å². The number of hydrogen-bond donors (Lipinski definition) is 0. The standard InChI is InChI=1S/C23H21Cl2NO4/c1-14(15-8-5-4-6-9-15)26-12-17(22(27)29-2)20(18(13-26)23(28)30-3)16-10-7-11-19(24)21(16)25/h4-14,20H,1-3H3/t14-/m0/s1. The average Bonchev–Trinajstić information content (AvgIpc) is 2.79. The first kappa shape index (κ1) is 21.9. The van der Waals surface area contributed by atoms with Crippen LogP contribution in [0.2, 0.25) is 10.0 Å². The first-order valence-corrected chi connectivity index (χ1v) is 10.0. The zero-order valence-electron chi connectivity index (χ0n) is 16.8. The highest BCUT2D eigenvalue weighted by Gasteiger charge is 2.37. The lowest BCUT2D eigenvalue weighted by atomic mass is 9.83. The van der Waals surface area contributed by atoms with Crippen LogP contribution < -0.4 is 0 Å². The molecule has 1 atom stereocenters. The Labute approximate surface area is 185 Å². The normalized spacial score (nSPS) is 15.2. The van der Waals surface area contributed by atoms with E-state index in [-0.39, 0.29) is 22.2 Å². The number of carbonyl (C=O) groups excluding carboxylic acids is 2. The van der Waals surface area contributed by atoms with Crippen LogP contribution in [0.4, 0.5) is 0 Å². The number of rotatable bonds is 5. The van der Waals surface area contributed by atoms with Crippen molar-refractivity contribution >= 4 is 35.1 Å². The summed E-state index contributed by atoms with van der Waals surface area (Å²) in [4.78, 5) is 27.3. The minimum atomic E-state index is -0.782. The van der Waals surface area contributed by atoms with Crippen LogP contribution in [-0.4, -0.2) is 31.1 Å². The lowest BCUT2D eigenvalue weighted by molar-refractivity contribution is -0.137. The molecule has 0 aromatic heterocycles. The minimum absolute atomic E-state index is 0.152. The van der Waals surface area contributed by atoms with Gasteiger partial charge in [-0.3, -0.25) is 0 Å². The quantitative estimate of drug-likeness (QED) is 0.586. The highest BCUT2D eigenvalue weighted by Crippen LogP contribution is 2.43. The van der Waals surface area contributed by atoms with E-state index in [9.17, 15) is 9.59 Å². The summed E-state index contributed by atoms with van der Waals surface area (Å²) in [6, 6.07) is 14.7. The molecule has 0 unspecified atom stereocenters. The van der Waals surface area contributed by atoms with Crippen LogP contribution in [0.1, 0.15) is 30.0 Å². The monoisotopic (exact) mass is 445 g/mol. The molecule has 0 spiro atoms. The van der Waals surface area contributed by atoms with Crippen molar-refractivity contribution in [3.05, 3.63) is 93.2 Å². The number of benzene rings is 2. The van der Waals surface area contributed by atoms with Crippen LogP contribution in [0.15, 0.2) is 72.1 Å². The summed E-state index contributed by atoms with van der Waals surface area (Å²) in [5, 5.41) is 0.584. The maximum Gasteiger partial charge on any atom is 0.336 e. The van der Waals surface area contributed by atoms with Gasteiger partial charge in [0.05, 0.1) is 47.4 Å². The number of methoxy groups -OCH3 is 2. The molecule has 0 fully saturated rings.